The van der Waals surface area contributed by atoms with Crippen molar-refractivity contribution in [3.63, 3.8) is 0 Å². The summed E-state index contributed by atoms with van der Waals surface area (Å²) in [4.78, 5) is 12.0. The molecule has 2 heterocycles. The molecule has 4 rings (SSSR count). The Morgan fingerprint density at radius 2 is 1.92 bits per heavy atom. The highest BCUT2D eigenvalue weighted by Crippen LogP contribution is 2.40. The minimum atomic E-state index is 0.0552. The number of benzene rings is 2. The van der Waals surface area contributed by atoms with Crippen LogP contribution in [0.25, 0.3) is 22.2 Å². The first-order valence-corrected chi connectivity index (χ1v) is 8.30. The average Bonchev–Trinajstić information content (AvgIpc) is 2.71. The molecule has 122 valence electrons. The van der Waals surface area contributed by atoms with E-state index in [0.29, 0.717) is 6.42 Å². The van der Waals surface area contributed by atoms with Crippen LogP contribution in [0, 0.1) is 6.92 Å². The highest BCUT2D eigenvalue weighted by molar-refractivity contribution is 6.02. The summed E-state index contributed by atoms with van der Waals surface area (Å²) in [6.45, 7) is 4.20. The van der Waals surface area contributed by atoms with Gasteiger partial charge < -0.3 is 15.2 Å². The van der Waals surface area contributed by atoms with Gasteiger partial charge in [-0.3, -0.25) is 4.79 Å². The highest BCUT2D eigenvalue weighted by atomic mass is 16.1. The lowest BCUT2D eigenvalue weighted by Gasteiger charge is -2.18. The molecular formula is C20H21N3O. The Morgan fingerprint density at radius 3 is 2.71 bits per heavy atom. The number of amides is 1. The van der Waals surface area contributed by atoms with E-state index in [9.17, 15) is 4.79 Å². The van der Waals surface area contributed by atoms with Gasteiger partial charge in [-0.15, -0.1) is 0 Å². The van der Waals surface area contributed by atoms with Crippen LogP contribution in [0.15, 0.2) is 42.5 Å². The monoisotopic (exact) mass is 319 g/mol. The maximum absolute atomic E-state index is 12.0. The smallest absolute Gasteiger partial charge is 0.226 e. The number of hydrogen-bond acceptors (Lipinski definition) is 2. The minimum absolute atomic E-state index is 0.0552. The highest BCUT2D eigenvalue weighted by Gasteiger charge is 2.23. The van der Waals surface area contributed by atoms with Crippen molar-refractivity contribution in [2.45, 2.75) is 26.3 Å². The summed E-state index contributed by atoms with van der Waals surface area (Å²) in [6, 6.07) is 14.6. The number of carbonyl (C=O) groups excluding carboxylic acids is 1. The third kappa shape index (κ3) is 2.18. The van der Waals surface area contributed by atoms with Crippen molar-refractivity contribution in [3.05, 3.63) is 48.0 Å². The van der Waals surface area contributed by atoms with Gasteiger partial charge in [0.05, 0.1) is 17.1 Å². The molecule has 4 nitrogen and oxygen atoms in total. The fourth-order valence-corrected chi connectivity index (χ4v) is 3.75. The van der Waals surface area contributed by atoms with Gasteiger partial charge in [0.25, 0.3) is 0 Å². The number of anilines is 2. The van der Waals surface area contributed by atoms with Gasteiger partial charge in [0.2, 0.25) is 5.91 Å². The quantitative estimate of drug-likeness (QED) is 0.702. The fourth-order valence-electron chi connectivity index (χ4n) is 3.75. The number of nitrogens with one attached hydrogen (secondary N) is 2. The Balaban J connectivity index is 1.99. The third-order valence-corrected chi connectivity index (χ3v) is 4.84. The van der Waals surface area contributed by atoms with Gasteiger partial charge in [-0.25, -0.2) is 0 Å². The molecule has 1 aromatic heterocycles. The lowest BCUT2D eigenvalue weighted by atomic mass is 10.0. The molecule has 0 saturated heterocycles. The lowest BCUT2D eigenvalue weighted by Crippen LogP contribution is -2.19. The van der Waals surface area contributed by atoms with E-state index in [4.69, 9.17) is 0 Å². The molecule has 1 atom stereocenters. The zero-order valence-electron chi connectivity index (χ0n) is 14.2. The zero-order valence-corrected chi connectivity index (χ0v) is 14.2. The summed E-state index contributed by atoms with van der Waals surface area (Å²) in [7, 11) is 2.10. The second-order valence-electron chi connectivity index (χ2n) is 6.58. The van der Waals surface area contributed by atoms with E-state index in [-0.39, 0.29) is 11.9 Å². The van der Waals surface area contributed by atoms with Gasteiger partial charge in [-0.2, -0.15) is 0 Å². The normalized spacial score (nSPS) is 17.1. The van der Waals surface area contributed by atoms with Crippen molar-refractivity contribution in [2.75, 3.05) is 10.6 Å². The number of aromatic nitrogens is 1. The van der Waals surface area contributed by atoms with Gasteiger partial charge in [0.1, 0.15) is 0 Å². The van der Waals surface area contributed by atoms with Gasteiger partial charge in [0.15, 0.2) is 0 Å². The summed E-state index contributed by atoms with van der Waals surface area (Å²) >= 11 is 0. The molecule has 0 spiro atoms. The van der Waals surface area contributed by atoms with E-state index in [0.717, 1.165) is 16.9 Å². The maximum Gasteiger partial charge on any atom is 0.226 e. The Bertz CT molecular complexity index is 916. The number of nitrogens with zero attached hydrogens (tertiary/aromatic N) is 1. The predicted molar refractivity (Wildman–Crippen MR) is 99.4 cm³/mol. The van der Waals surface area contributed by atoms with E-state index in [2.05, 4.69) is 59.5 Å². The number of para-hydroxylation sites is 2. The fraction of sp³-hybridized carbons (Fsp3) is 0.250. The Labute approximate surface area is 141 Å². The second kappa shape index (κ2) is 5.41. The molecule has 2 N–H and O–H groups in total. The van der Waals surface area contributed by atoms with Gasteiger partial charge in [0, 0.05) is 36.0 Å². The van der Waals surface area contributed by atoms with Crippen LogP contribution in [-0.4, -0.2) is 16.5 Å². The Kier molecular flexibility index (Phi) is 3.34. The molecule has 24 heavy (non-hydrogen) atoms. The second-order valence-corrected chi connectivity index (χ2v) is 6.58. The van der Waals surface area contributed by atoms with Crippen LogP contribution in [0.4, 0.5) is 11.4 Å². The molecule has 2 aromatic carbocycles. The van der Waals surface area contributed by atoms with E-state index in [1.165, 1.54) is 22.2 Å². The standard InChI is InChI=1S/C20H21N3O/c1-12-11-18(24)22-16-9-6-8-15(19(16)21-12)20-13(2)14-7-4-5-10-17(14)23(20)3/h4-10,12,21H,11H2,1-3H3,(H,22,24). The molecule has 0 bridgehead atoms. The molecular weight excluding hydrogens is 298 g/mol. The summed E-state index contributed by atoms with van der Waals surface area (Å²) in [5, 5.41) is 7.81. The minimum Gasteiger partial charge on any atom is -0.380 e. The SMILES string of the molecule is Cc1c(-c2cccc3c2NC(C)CC(=O)N3)n(C)c2ccccc12. The van der Waals surface area contributed by atoms with Gasteiger partial charge >= 0.3 is 0 Å². The predicted octanol–water partition coefficient (Wildman–Crippen LogP) is 4.30. The van der Waals surface area contributed by atoms with Crippen LogP contribution < -0.4 is 10.6 Å². The average molecular weight is 319 g/mol. The van der Waals surface area contributed by atoms with Gasteiger partial charge in [-0.05, 0) is 31.5 Å². The first-order chi connectivity index (χ1) is 11.6. The van der Waals surface area contributed by atoms with Crippen LogP contribution in [0.5, 0.6) is 0 Å². The number of hydrogen-bond donors (Lipinski definition) is 2. The van der Waals surface area contributed by atoms with E-state index in [1.807, 2.05) is 19.1 Å². The lowest BCUT2D eigenvalue weighted by molar-refractivity contribution is -0.116. The Hall–Kier alpha value is -2.75. The van der Waals surface area contributed by atoms with E-state index in [1.54, 1.807) is 0 Å². The largest absolute Gasteiger partial charge is 0.380 e. The number of carbonyl (C=O) groups is 1. The van der Waals surface area contributed by atoms with Gasteiger partial charge in [-0.1, -0.05) is 30.3 Å². The molecule has 0 radical (unpaired) electrons. The van der Waals surface area contributed by atoms with Crippen molar-refractivity contribution in [1.29, 1.82) is 0 Å². The number of rotatable bonds is 1. The van der Waals surface area contributed by atoms with Crippen molar-refractivity contribution in [1.82, 2.24) is 4.57 Å². The molecule has 4 heteroatoms. The molecule has 1 aliphatic heterocycles. The van der Waals surface area contributed by atoms with Crippen molar-refractivity contribution in [3.8, 4) is 11.3 Å². The first kappa shape index (κ1) is 14.8. The molecule has 1 aliphatic rings. The molecule has 1 unspecified atom stereocenters. The van der Waals surface area contributed by atoms with Crippen LogP contribution >= 0.6 is 0 Å². The first-order valence-electron chi connectivity index (χ1n) is 8.30. The Morgan fingerprint density at radius 1 is 1.12 bits per heavy atom. The van der Waals surface area contributed by atoms with Crippen LogP contribution in [-0.2, 0) is 11.8 Å². The van der Waals surface area contributed by atoms with Crippen molar-refractivity contribution in [2.24, 2.45) is 7.05 Å². The molecule has 3 aromatic rings. The summed E-state index contributed by atoms with van der Waals surface area (Å²) in [5.74, 6) is 0.0552. The van der Waals surface area contributed by atoms with Crippen molar-refractivity contribution < 1.29 is 4.79 Å². The summed E-state index contributed by atoms with van der Waals surface area (Å²) in [6.07, 6.45) is 0.474. The van der Waals surface area contributed by atoms with E-state index >= 15 is 0 Å². The van der Waals surface area contributed by atoms with Crippen LogP contribution in [0.1, 0.15) is 18.9 Å². The van der Waals surface area contributed by atoms with Crippen LogP contribution in [0.2, 0.25) is 0 Å². The van der Waals surface area contributed by atoms with Crippen LogP contribution in [0.3, 0.4) is 0 Å². The van der Waals surface area contributed by atoms with E-state index < -0.39 is 0 Å². The number of fused-ring (bicyclic) bond motifs is 2. The molecule has 0 saturated carbocycles. The number of aryl methyl sites for hydroxylation is 2. The topological polar surface area (TPSA) is 46.1 Å². The zero-order chi connectivity index (χ0) is 16.8. The molecule has 0 fully saturated rings. The molecule has 0 aliphatic carbocycles. The van der Waals surface area contributed by atoms with Crippen molar-refractivity contribution >= 4 is 28.2 Å². The molecule has 1 amide bonds. The third-order valence-electron chi connectivity index (χ3n) is 4.84. The summed E-state index contributed by atoms with van der Waals surface area (Å²) in [5.41, 5.74) is 6.64. The summed E-state index contributed by atoms with van der Waals surface area (Å²) < 4.78 is 2.24. The maximum atomic E-state index is 12.0.